The number of anilines is 1. The highest BCUT2D eigenvalue weighted by Crippen LogP contribution is 2.36. The van der Waals surface area contributed by atoms with Crippen LogP contribution in [0.3, 0.4) is 0 Å². The summed E-state index contributed by atoms with van der Waals surface area (Å²) in [5.74, 6) is -1.41. The first-order valence-corrected chi connectivity index (χ1v) is 9.86. The SMILES string of the molecule is N#Cc1c(NC(=O)COC(=O)c2ccc(OC(F)F)cc2)sc2c1CCCCC2. The monoisotopic (exact) mass is 420 g/mol. The molecule has 29 heavy (non-hydrogen) atoms. The predicted molar refractivity (Wildman–Crippen MR) is 102 cm³/mol. The molecule has 152 valence electrons. The van der Waals surface area contributed by atoms with E-state index in [1.54, 1.807) is 0 Å². The largest absolute Gasteiger partial charge is 0.452 e. The summed E-state index contributed by atoms with van der Waals surface area (Å²) in [6, 6.07) is 7.12. The Morgan fingerprint density at radius 1 is 1.17 bits per heavy atom. The Morgan fingerprint density at radius 2 is 1.90 bits per heavy atom. The molecular formula is C20H18F2N2O4S. The first-order chi connectivity index (χ1) is 14.0. The van der Waals surface area contributed by atoms with Crippen LogP contribution in [-0.4, -0.2) is 25.1 Å². The number of nitrogens with one attached hydrogen (secondary N) is 1. The summed E-state index contributed by atoms with van der Waals surface area (Å²) in [6.07, 6.45) is 4.92. The van der Waals surface area contributed by atoms with E-state index in [9.17, 15) is 23.6 Å². The fourth-order valence-corrected chi connectivity index (χ4v) is 4.35. The molecule has 1 aliphatic rings. The van der Waals surface area contributed by atoms with Gasteiger partial charge < -0.3 is 14.8 Å². The Labute approximate surface area is 170 Å². The van der Waals surface area contributed by atoms with Crippen LogP contribution in [0.25, 0.3) is 0 Å². The van der Waals surface area contributed by atoms with Gasteiger partial charge >= 0.3 is 12.6 Å². The Morgan fingerprint density at radius 3 is 2.59 bits per heavy atom. The van der Waals surface area contributed by atoms with Gasteiger partial charge in [0.25, 0.3) is 5.91 Å². The standard InChI is InChI=1S/C20H18F2N2O4S/c21-20(22)28-13-8-6-12(7-9-13)19(26)27-11-17(25)24-18-15(10-23)14-4-2-1-3-5-16(14)29-18/h6-9,20H,1-5,11H2,(H,24,25). The van der Waals surface area contributed by atoms with Crippen molar-refractivity contribution >= 4 is 28.2 Å². The second kappa shape index (κ2) is 9.47. The lowest BCUT2D eigenvalue weighted by atomic mass is 10.1. The smallest absolute Gasteiger partial charge is 0.387 e. The Kier molecular flexibility index (Phi) is 6.77. The van der Waals surface area contributed by atoms with Crippen LogP contribution in [0.15, 0.2) is 24.3 Å². The molecule has 1 aromatic heterocycles. The Bertz CT molecular complexity index is 935. The zero-order valence-electron chi connectivity index (χ0n) is 15.4. The molecule has 1 aromatic carbocycles. The fraction of sp³-hybridized carbons (Fsp3) is 0.350. The maximum Gasteiger partial charge on any atom is 0.387 e. The van der Waals surface area contributed by atoms with E-state index in [1.165, 1.54) is 35.6 Å². The predicted octanol–water partition coefficient (Wildman–Crippen LogP) is 4.29. The minimum Gasteiger partial charge on any atom is -0.452 e. The molecule has 3 rings (SSSR count). The fourth-order valence-electron chi connectivity index (χ4n) is 3.10. The van der Waals surface area contributed by atoms with E-state index >= 15 is 0 Å². The third-order valence-electron chi connectivity index (χ3n) is 4.44. The number of alkyl halides is 2. The molecule has 0 aliphatic heterocycles. The molecule has 0 saturated carbocycles. The van der Waals surface area contributed by atoms with Crippen molar-refractivity contribution in [2.45, 2.75) is 38.7 Å². The number of carbonyl (C=O) groups is 2. The van der Waals surface area contributed by atoms with Crippen molar-refractivity contribution in [2.75, 3.05) is 11.9 Å². The molecule has 0 saturated heterocycles. The number of halogens is 2. The number of thiophene rings is 1. The van der Waals surface area contributed by atoms with Gasteiger partial charge in [-0.1, -0.05) is 6.42 Å². The molecule has 1 heterocycles. The summed E-state index contributed by atoms with van der Waals surface area (Å²) in [5, 5.41) is 12.6. The van der Waals surface area contributed by atoms with Gasteiger partial charge in [-0.3, -0.25) is 4.79 Å². The van der Waals surface area contributed by atoms with E-state index in [2.05, 4.69) is 16.1 Å². The van der Waals surface area contributed by atoms with Crippen LogP contribution in [-0.2, 0) is 22.4 Å². The number of hydrogen-bond acceptors (Lipinski definition) is 6. The summed E-state index contributed by atoms with van der Waals surface area (Å²) in [5.41, 5.74) is 1.59. The topological polar surface area (TPSA) is 88.4 Å². The lowest BCUT2D eigenvalue weighted by molar-refractivity contribution is -0.119. The lowest BCUT2D eigenvalue weighted by Crippen LogP contribution is -2.20. The Balaban J connectivity index is 1.57. The molecule has 0 spiro atoms. The van der Waals surface area contributed by atoms with Crippen LogP contribution in [0.5, 0.6) is 5.75 Å². The van der Waals surface area contributed by atoms with Crippen molar-refractivity contribution < 1.29 is 27.8 Å². The van der Waals surface area contributed by atoms with E-state index in [0.717, 1.165) is 42.5 Å². The number of esters is 1. The summed E-state index contributed by atoms with van der Waals surface area (Å²) in [6.45, 7) is -3.48. The first-order valence-electron chi connectivity index (χ1n) is 9.04. The van der Waals surface area contributed by atoms with Gasteiger partial charge in [0.2, 0.25) is 0 Å². The van der Waals surface area contributed by atoms with Crippen molar-refractivity contribution in [1.29, 1.82) is 5.26 Å². The number of benzene rings is 1. The van der Waals surface area contributed by atoms with Crippen LogP contribution in [0, 0.1) is 11.3 Å². The second-order valence-electron chi connectivity index (χ2n) is 6.41. The molecule has 6 nitrogen and oxygen atoms in total. The normalized spacial score (nSPS) is 13.2. The molecule has 0 bridgehead atoms. The number of ether oxygens (including phenoxy) is 2. The molecule has 1 N–H and O–H groups in total. The lowest BCUT2D eigenvalue weighted by Gasteiger charge is -2.07. The molecule has 0 unspecified atom stereocenters. The molecule has 9 heteroatoms. The Hall–Kier alpha value is -2.99. The number of amides is 1. The van der Waals surface area contributed by atoms with Gasteiger partial charge in [0.1, 0.15) is 16.8 Å². The zero-order valence-corrected chi connectivity index (χ0v) is 16.2. The van der Waals surface area contributed by atoms with Crippen molar-refractivity contribution in [1.82, 2.24) is 0 Å². The summed E-state index contributed by atoms with van der Waals surface area (Å²) in [4.78, 5) is 25.3. The molecule has 0 atom stereocenters. The van der Waals surface area contributed by atoms with Crippen LogP contribution in [0.2, 0.25) is 0 Å². The second-order valence-corrected chi connectivity index (χ2v) is 7.51. The van der Waals surface area contributed by atoms with Gasteiger partial charge in [-0.15, -0.1) is 11.3 Å². The van der Waals surface area contributed by atoms with E-state index in [1.807, 2.05) is 0 Å². The van der Waals surface area contributed by atoms with Crippen LogP contribution in [0.1, 0.15) is 45.6 Å². The number of hydrogen-bond donors (Lipinski definition) is 1. The summed E-state index contributed by atoms with van der Waals surface area (Å²) in [7, 11) is 0. The highest BCUT2D eigenvalue weighted by molar-refractivity contribution is 7.16. The van der Waals surface area contributed by atoms with Crippen molar-refractivity contribution in [3.8, 4) is 11.8 Å². The van der Waals surface area contributed by atoms with E-state index in [0.29, 0.717) is 10.6 Å². The quantitative estimate of drug-likeness (QED) is 0.556. The van der Waals surface area contributed by atoms with Crippen LogP contribution >= 0.6 is 11.3 Å². The van der Waals surface area contributed by atoms with Crippen molar-refractivity contribution in [3.05, 3.63) is 45.8 Å². The molecular weight excluding hydrogens is 402 g/mol. The zero-order chi connectivity index (χ0) is 20.8. The average molecular weight is 420 g/mol. The maximum absolute atomic E-state index is 12.2. The first kappa shape index (κ1) is 20.7. The molecule has 1 aliphatic carbocycles. The summed E-state index contributed by atoms with van der Waals surface area (Å²) >= 11 is 1.40. The molecule has 1 amide bonds. The van der Waals surface area contributed by atoms with E-state index in [-0.39, 0.29) is 11.3 Å². The number of nitriles is 1. The number of fused-ring (bicyclic) bond motifs is 1. The molecule has 0 fully saturated rings. The minimum atomic E-state index is -2.96. The molecule has 2 aromatic rings. The third kappa shape index (κ3) is 5.29. The van der Waals surface area contributed by atoms with Crippen molar-refractivity contribution in [2.24, 2.45) is 0 Å². The third-order valence-corrected chi connectivity index (χ3v) is 5.64. The van der Waals surface area contributed by atoms with Gasteiger partial charge in [-0.25, -0.2) is 4.79 Å². The van der Waals surface area contributed by atoms with E-state index < -0.39 is 25.1 Å². The number of nitrogens with zero attached hydrogens (tertiary/aromatic N) is 1. The van der Waals surface area contributed by atoms with Crippen LogP contribution < -0.4 is 10.1 Å². The van der Waals surface area contributed by atoms with Gasteiger partial charge in [0, 0.05) is 4.88 Å². The van der Waals surface area contributed by atoms with E-state index in [4.69, 9.17) is 4.74 Å². The van der Waals surface area contributed by atoms with Gasteiger partial charge in [0.05, 0.1) is 11.1 Å². The number of rotatable bonds is 6. The highest BCUT2D eigenvalue weighted by atomic mass is 32.1. The molecule has 0 radical (unpaired) electrons. The number of aryl methyl sites for hydroxylation is 1. The maximum atomic E-state index is 12.2. The minimum absolute atomic E-state index is 0.0872. The van der Waals surface area contributed by atoms with Gasteiger partial charge in [-0.2, -0.15) is 14.0 Å². The van der Waals surface area contributed by atoms with Crippen LogP contribution in [0.4, 0.5) is 13.8 Å². The van der Waals surface area contributed by atoms with Crippen molar-refractivity contribution in [3.63, 3.8) is 0 Å². The average Bonchev–Trinajstić information content (AvgIpc) is 2.85. The number of carbonyl (C=O) groups excluding carboxylic acids is 2. The van der Waals surface area contributed by atoms with Gasteiger partial charge in [0.15, 0.2) is 6.61 Å². The highest BCUT2D eigenvalue weighted by Gasteiger charge is 2.21. The van der Waals surface area contributed by atoms with Gasteiger partial charge in [-0.05, 0) is 55.5 Å². The summed E-state index contributed by atoms with van der Waals surface area (Å²) < 4.78 is 33.4.